The molecule has 0 unspecified atom stereocenters. The Morgan fingerprint density at radius 3 is 2.62 bits per heavy atom. The van der Waals surface area contributed by atoms with E-state index in [4.69, 9.17) is 11.6 Å². The van der Waals surface area contributed by atoms with E-state index >= 15 is 0 Å². The monoisotopic (exact) mass is 364 g/mol. The highest BCUT2D eigenvalue weighted by atomic mass is 35.5. The second-order valence-electron chi connectivity index (χ2n) is 6.28. The highest BCUT2D eigenvalue weighted by Crippen LogP contribution is 2.28. The fourth-order valence-corrected chi connectivity index (χ4v) is 3.52. The Balaban J connectivity index is 1.67. The van der Waals surface area contributed by atoms with Crippen molar-refractivity contribution in [2.24, 2.45) is 0 Å². The molecule has 2 aromatic carbocycles. The Morgan fingerprint density at radius 1 is 1.00 bits per heavy atom. The lowest BCUT2D eigenvalue weighted by Crippen LogP contribution is -2.35. The SMILES string of the molecule is O=C(c1cccn(Cc2ccccc2Cl)c1=O)N1CCc2ccccc21. The van der Waals surface area contributed by atoms with Crippen LogP contribution in [0.1, 0.15) is 21.5 Å². The van der Waals surface area contributed by atoms with Crippen molar-refractivity contribution in [3.8, 4) is 0 Å². The van der Waals surface area contributed by atoms with E-state index in [1.54, 1.807) is 29.3 Å². The second-order valence-corrected chi connectivity index (χ2v) is 6.69. The van der Waals surface area contributed by atoms with Crippen LogP contribution in [0, 0.1) is 0 Å². The number of pyridine rings is 1. The number of hydrogen-bond acceptors (Lipinski definition) is 2. The van der Waals surface area contributed by atoms with Gasteiger partial charge in [0.25, 0.3) is 11.5 Å². The Morgan fingerprint density at radius 2 is 1.77 bits per heavy atom. The minimum absolute atomic E-state index is 0.177. The van der Waals surface area contributed by atoms with Crippen LogP contribution in [0.15, 0.2) is 71.7 Å². The van der Waals surface area contributed by atoms with Crippen LogP contribution in [0.4, 0.5) is 5.69 Å². The van der Waals surface area contributed by atoms with Crippen LogP contribution in [-0.2, 0) is 13.0 Å². The predicted octanol–water partition coefficient (Wildman–Crippen LogP) is 3.75. The number of aromatic nitrogens is 1. The molecule has 2 heterocycles. The molecule has 0 saturated heterocycles. The first-order valence-corrected chi connectivity index (χ1v) is 8.85. The van der Waals surface area contributed by atoms with Gasteiger partial charge in [-0.1, -0.05) is 48.0 Å². The molecule has 3 aromatic rings. The number of nitrogens with zero attached hydrogens (tertiary/aromatic N) is 2. The van der Waals surface area contributed by atoms with Gasteiger partial charge < -0.3 is 9.47 Å². The number of rotatable bonds is 3. The highest BCUT2D eigenvalue weighted by molar-refractivity contribution is 6.31. The second kappa shape index (κ2) is 6.81. The molecule has 130 valence electrons. The fourth-order valence-electron chi connectivity index (χ4n) is 3.33. The number of fused-ring (bicyclic) bond motifs is 1. The third kappa shape index (κ3) is 2.93. The van der Waals surface area contributed by atoms with Crippen LogP contribution in [0.2, 0.25) is 5.02 Å². The van der Waals surface area contributed by atoms with E-state index in [-0.39, 0.29) is 17.0 Å². The van der Waals surface area contributed by atoms with Gasteiger partial charge in [-0.25, -0.2) is 0 Å². The lowest BCUT2D eigenvalue weighted by molar-refractivity contribution is 0.0987. The van der Waals surface area contributed by atoms with Gasteiger partial charge in [-0.15, -0.1) is 0 Å². The number of carbonyl (C=O) groups is 1. The molecule has 0 atom stereocenters. The van der Waals surface area contributed by atoms with Crippen molar-refractivity contribution < 1.29 is 4.79 Å². The van der Waals surface area contributed by atoms with Gasteiger partial charge in [-0.3, -0.25) is 9.59 Å². The quantitative estimate of drug-likeness (QED) is 0.710. The number of benzene rings is 2. The van der Waals surface area contributed by atoms with E-state index < -0.39 is 0 Å². The summed E-state index contributed by atoms with van der Waals surface area (Å²) in [6, 6.07) is 18.5. The lowest BCUT2D eigenvalue weighted by Gasteiger charge is -2.17. The third-order valence-electron chi connectivity index (χ3n) is 4.68. The topological polar surface area (TPSA) is 42.3 Å². The summed E-state index contributed by atoms with van der Waals surface area (Å²) >= 11 is 6.20. The number of anilines is 1. The number of halogens is 1. The number of para-hydroxylation sites is 1. The smallest absolute Gasteiger partial charge is 0.263 e. The van der Waals surface area contributed by atoms with Crippen LogP contribution >= 0.6 is 11.6 Å². The summed E-state index contributed by atoms with van der Waals surface area (Å²) in [5.74, 6) is -0.256. The van der Waals surface area contributed by atoms with Crippen LogP contribution in [-0.4, -0.2) is 17.0 Å². The Bertz CT molecular complexity index is 1040. The van der Waals surface area contributed by atoms with Gasteiger partial charge in [0.1, 0.15) is 5.56 Å². The molecule has 0 N–H and O–H groups in total. The van der Waals surface area contributed by atoms with Crippen molar-refractivity contribution >= 4 is 23.2 Å². The summed E-state index contributed by atoms with van der Waals surface area (Å²) in [7, 11) is 0. The van der Waals surface area contributed by atoms with Crippen molar-refractivity contribution in [3.05, 3.63) is 98.9 Å². The van der Waals surface area contributed by atoms with E-state index in [1.165, 1.54) is 4.57 Å². The average molecular weight is 365 g/mol. The van der Waals surface area contributed by atoms with Gasteiger partial charge in [0.05, 0.1) is 6.54 Å². The van der Waals surface area contributed by atoms with Crippen LogP contribution < -0.4 is 10.5 Å². The van der Waals surface area contributed by atoms with Gasteiger partial charge in [-0.05, 0) is 41.8 Å². The molecule has 4 nitrogen and oxygen atoms in total. The average Bonchev–Trinajstić information content (AvgIpc) is 3.09. The first kappa shape index (κ1) is 16.6. The molecule has 0 aliphatic carbocycles. The molecule has 1 aliphatic rings. The molecule has 26 heavy (non-hydrogen) atoms. The molecule has 0 fully saturated rings. The summed E-state index contributed by atoms with van der Waals surface area (Å²) in [6.45, 7) is 0.924. The Hall–Kier alpha value is -2.85. The Kier molecular flexibility index (Phi) is 4.35. The number of carbonyl (C=O) groups excluding carboxylic acids is 1. The number of hydrogen-bond donors (Lipinski definition) is 0. The minimum Gasteiger partial charge on any atom is -0.310 e. The first-order valence-electron chi connectivity index (χ1n) is 8.48. The van der Waals surface area contributed by atoms with Crippen molar-refractivity contribution in [3.63, 3.8) is 0 Å². The third-order valence-corrected chi connectivity index (χ3v) is 5.05. The van der Waals surface area contributed by atoms with Gasteiger partial charge in [0.2, 0.25) is 0 Å². The van der Waals surface area contributed by atoms with Crippen molar-refractivity contribution in [1.82, 2.24) is 4.57 Å². The van der Waals surface area contributed by atoms with Gasteiger partial charge in [-0.2, -0.15) is 0 Å². The van der Waals surface area contributed by atoms with Crippen LogP contribution in [0.25, 0.3) is 0 Å². The first-order chi connectivity index (χ1) is 12.6. The molecule has 1 aromatic heterocycles. The summed E-state index contributed by atoms with van der Waals surface area (Å²) in [6.07, 6.45) is 2.49. The largest absolute Gasteiger partial charge is 0.310 e. The highest BCUT2D eigenvalue weighted by Gasteiger charge is 2.27. The molecule has 1 amide bonds. The molecule has 4 rings (SSSR count). The fraction of sp³-hybridized carbons (Fsp3) is 0.143. The minimum atomic E-state index is -0.304. The predicted molar refractivity (Wildman–Crippen MR) is 103 cm³/mol. The van der Waals surface area contributed by atoms with E-state index in [1.807, 2.05) is 42.5 Å². The van der Waals surface area contributed by atoms with Crippen molar-refractivity contribution in [2.45, 2.75) is 13.0 Å². The van der Waals surface area contributed by atoms with Crippen molar-refractivity contribution in [2.75, 3.05) is 11.4 Å². The zero-order valence-electron chi connectivity index (χ0n) is 14.1. The van der Waals surface area contributed by atoms with Crippen LogP contribution in [0.3, 0.4) is 0 Å². The summed E-state index contributed by atoms with van der Waals surface area (Å²) < 4.78 is 1.52. The Labute approximate surface area is 156 Å². The zero-order valence-corrected chi connectivity index (χ0v) is 14.8. The molecular weight excluding hydrogens is 348 g/mol. The zero-order chi connectivity index (χ0) is 18.1. The summed E-state index contributed by atoms with van der Waals surface area (Å²) in [5, 5.41) is 0.601. The standard InChI is InChI=1S/C21H17ClN2O2/c22-18-9-3-1-7-16(18)14-23-12-5-8-17(20(23)25)21(26)24-13-11-15-6-2-4-10-19(15)24/h1-10,12H,11,13-14H2. The molecule has 1 aliphatic heterocycles. The molecule has 0 radical (unpaired) electrons. The summed E-state index contributed by atoms with van der Waals surface area (Å²) in [4.78, 5) is 27.5. The van der Waals surface area contributed by atoms with Crippen molar-refractivity contribution in [1.29, 1.82) is 0 Å². The maximum atomic E-state index is 13.0. The van der Waals surface area contributed by atoms with E-state index in [2.05, 4.69) is 0 Å². The van der Waals surface area contributed by atoms with Gasteiger partial charge in [0, 0.05) is 23.5 Å². The molecular formula is C21H17ClN2O2. The van der Waals surface area contributed by atoms with Gasteiger partial charge >= 0.3 is 0 Å². The van der Waals surface area contributed by atoms with E-state index in [9.17, 15) is 9.59 Å². The van der Waals surface area contributed by atoms with E-state index in [0.29, 0.717) is 18.1 Å². The normalized spacial score (nSPS) is 12.9. The summed E-state index contributed by atoms with van der Waals surface area (Å²) in [5.41, 5.74) is 2.73. The van der Waals surface area contributed by atoms with Gasteiger partial charge in [0.15, 0.2) is 0 Å². The maximum Gasteiger partial charge on any atom is 0.263 e. The van der Waals surface area contributed by atoms with Crippen LogP contribution in [0.5, 0.6) is 0 Å². The molecule has 5 heteroatoms. The molecule has 0 bridgehead atoms. The molecule has 0 saturated carbocycles. The number of amides is 1. The maximum absolute atomic E-state index is 13.0. The lowest BCUT2D eigenvalue weighted by atomic mass is 10.1. The molecule has 0 spiro atoms. The van der Waals surface area contributed by atoms with E-state index in [0.717, 1.165) is 23.2 Å².